The highest BCUT2D eigenvalue weighted by Crippen LogP contribution is 2.31. The topological polar surface area (TPSA) is 60.7 Å². The predicted molar refractivity (Wildman–Crippen MR) is 125 cm³/mol. The van der Waals surface area contributed by atoms with Crippen molar-refractivity contribution in [3.8, 4) is 0 Å². The molecule has 0 amide bonds. The first kappa shape index (κ1) is 21.3. The van der Waals surface area contributed by atoms with E-state index in [1.165, 1.54) is 18.4 Å². The maximum absolute atomic E-state index is 13.5. The van der Waals surface area contributed by atoms with Gasteiger partial charge >= 0.3 is 5.97 Å². The van der Waals surface area contributed by atoms with Crippen LogP contribution in [-0.2, 0) is 9.53 Å². The third-order valence-electron chi connectivity index (χ3n) is 5.23. The molecule has 7 heteroatoms. The molecule has 0 saturated carbocycles. The van der Waals surface area contributed by atoms with E-state index < -0.39 is 12.0 Å². The van der Waals surface area contributed by atoms with Crippen LogP contribution in [-0.4, -0.2) is 23.9 Å². The minimum absolute atomic E-state index is 0.169. The van der Waals surface area contributed by atoms with Gasteiger partial charge in [0, 0.05) is 4.90 Å². The minimum Gasteiger partial charge on any atom is -0.466 e. The molecule has 31 heavy (non-hydrogen) atoms. The van der Waals surface area contributed by atoms with Crippen molar-refractivity contribution in [1.82, 2.24) is 4.57 Å². The molecule has 158 valence electrons. The number of aryl methyl sites for hydroxylation is 1. The van der Waals surface area contributed by atoms with Gasteiger partial charge in [0.2, 0.25) is 0 Å². The molecule has 4 rings (SSSR count). The average Bonchev–Trinajstić information content (AvgIpc) is 3.08. The molecular formula is C24H22N2O3S2. The van der Waals surface area contributed by atoms with Gasteiger partial charge < -0.3 is 4.74 Å². The van der Waals surface area contributed by atoms with Crippen molar-refractivity contribution in [3.05, 3.63) is 96.2 Å². The summed E-state index contributed by atoms with van der Waals surface area (Å²) in [6.45, 7) is 3.81. The first-order valence-corrected chi connectivity index (χ1v) is 11.8. The summed E-state index contributed by atoms with van der Waals surface area (Å²) in [7, 11) is 1.35. The summed E-state index contributed by atoms with van der Waals surface area (Å²) in [5.41, 5.74) is 3.72. The van der Waals surface area contributed by atoms with E-state index in [0.29, 0.717) is 20.6 Å². The molecule has 2 heterocycles. The molecule has 0 saturated heterocycles. The Hall–Kier alpha value is -2.90. The Morgan fingerprint density at radius 2 is 1.81 bits per heavy atom. The maximum atomic E-state index is 13.5. The Kier molecular flexibility index (Phi) is 5.98. The Balaban J connectivity index is 1.94. The van der Waals surface area contributed by atoms with E-state index in [0.717, 1.165) is 21.6 Å². The second-order valence-corrected chi connectivity index (χ2v) is 9.15. The number of carbonyl (C=O) groups is 1. The third kappa shape index (κ3) is 4.03. The molecule has 1 unspecified atom stereocenters. The lowest BCUT2D eigenvalue weighted by Crippen LogP contribution is -2.39. The number of thioether (sulfide) groups is 1. The molecule has 0 fully saturated rings. The quantitative estimate of drug-likeness (QED) is 0.451. The van der Waals surface area contributed by atoms with Crippen LogP contribution in [0.2, 0.25) is 0 Å². The summed E-state index contributed by atoms with van der Waals surface area (Å²) in [6, 6.07) is 15.3. The first-order valence-electron chi connectivity index (χ1n) is 9.74. The summed E-state index contributed by atoms with van der Waals surface area (Å²) < 4.78 is 7.23. The van der Waals surface area contributed by atoms with Crippen molar-refractivity contribution in [2.45, 2.75) is 24.8 Å². The smallest absolute Gasteiger partial charge is 0.338 e. The molecule has 2 aromatic carbocycles. The lowest BCUT2D eigenvalue weighted by atomic mass is 9.96. The van der Waals surface area contributed by atoms with E-state index in [2.05, 4.69) is 4.99 Å². The number of carbonyl (C=O) groups excluding carboxylic acids is 1. The van der Waals surface area contributed by atoms with Gasteiger partial charge in [0.05, 0.1) is 29.0 Å². The molecule has 1 atom stereocenters. The Morgan fingerprint density at radius 3 is 2.42 bits per heavy atom. The van der Waals surface area contributed by atoms with Crippen LogP contribution in [0.25, 0.3) is 6.08 Å². The van der Waals surface area contributed by atoms with Crippen molar-refractivity contribution >= 4 is 35.1 Å². The highest BCUT2D eigenvalue weighted by molar-refractivity contribution is 7.98. The van der Waals surface area contributed by atoms with Gasteiger partial charge in [-0.1, -0.05) is 53.3 Å². The summed E-state index contributed by atoms with van der Waals surface area (Å²) in [4.78, 5) is 32.4. The molecule has 0 radical (unpaired) electrons. The molecule has 5 nitrogen and oxygen atoms in total. The Labute approximate surface area is 188 Å². The van der Waals surface area contributed by atoms with Crippen LogP contribution in [0.4, 0.5) is 0 Å². The molecule has 1 aliphatic rings. The van der Waals surface area contributed by atoms with E-state index in [9.17, 15) is 9.59 Å². The number of benzene rings is 2. The van der Waals surface area contributed by atoms with E-state index >= 15 is 0 Å². The number of fused-ring (bicyclic) bond motifs is 1. The molecule has 0 aliphatic carbocycles. The van der Waals surface area contributed by atoms with Crippen LogP contribution < -0.4 is 14.9 Å². The zero-order valence-electron chi connectivity index (χ0n) is 17.7. The van der Waals surface area contributed by atoms with Crippen LogP contribution in [0.1, 0.15) is 29.7 Å². The van der Waals surface area contributed by atoms with Crippen molar-refractivity contribution < 1.29 is 9.53 Å². The number of allylic oxidation sites excluding steroid dienone is 1. The molecular weight excluding hydrogens is 428 g/mol. The number of methoxy groups -OCH3 is 1. The Morgan fingerprint density at radius 1 is 1.13 bits per heavy atom. The molecule has 0 bridgehead atoms. The summed E-state index contributed by atoms with van der Waals surface area (Å²) >= 11 is 2.97. The second-order valence-electron chi connectivity index (χ2n) is 7.26. The largest absolute Gasteiger partial charge is 0.466 e. The maximum Gasteiger partial charge on any atom is 0.338 e. The monoisotopic (exact) mass is 450 g/mol. The highest BCUT2D eigenvalue weighted by Gasteiger charge is 2.33. The van der Waals surface area contributed by atoms with Crippen molar-refractivity contribution in [2.24, 2.45) is 4.99 Å². The van der Waals surface area contributed by atoms with Crippen LogP contribution in [0, 0.1) is 6.92 Å². The Bertz CT molecular complexity index is 1350. The molecule has 1 aliphatic heterocycles. The van der Waals surface area contributed by atoms with Gasteiger partial charge in [-0.2, -0.15) is 0 Å². The highest BCUT2D eigenvalue weighted by atomic mass is 32.2. The van der Waals surface area contributed by atoms with E-state index in [1.807, 2.05) is 67.8 Å². The SMILES string of the molecule is COC(=O)C1=C(C)N=c2sc(=Cc3ccc(C)cc3)c(=O)n2C1c1ccc(SC)cc1. The van der Waals surface area contributed by atoms with Gasteiger partial charge in [-0.15, -0.1) is 11.8 Å². The van der Waals surface area contributed by atoms with Gasteiger partial charge in [-0.3, -0.25) is 9.36 Å². The molecule has 3 aromatic rings. The zero-order valence-corrected chi connectivity index (χ0v) is 19.3. The van der Waals surface area contributed by atoms with Crippen LogP contribution in [0.5, 0.6) is 0 Å². The molecule has 0 spiro atoms. The molecule has 0 N–H and O–H groups in total. The number of hydrogen-bond donors (Lipinski definition) is 0. The van der Waals surface area contributed by atoms with Gasteiger partial charge in [-0.05, 0) is 49.4 Å². The standard InChI is InChI=1S/C24H22N2O3S2/c1-14-5-7-16(8-6-14)13-19-22(27)26-21(17-9-11-18(30-4)12-10-17)20(23(28)29-3)15(2)25-24(26)31-19/h5-13,21H,1-4H3. The number of nitrogens with zero attached hydrogens (tertiary/aromatic N) is 2. The van der Waals surface area contributed by atoms with Crippen molar-refractivity contribution in [1.29, 1.82) is 0 Å². The number of hydrogen-bond acceptors (Lipinski definition) is 6. The average molecular weight is 451 g/mol. The third-order valence-corrected chi connectivity index (χ3v) is 6.96. The van der Waals surface area contributed by atoms with Crippen LogP contribution in [0.15, 0.2) is 74.5 Å². The summed E-state index contributed by atoms with van der Waals surface area (Å²) in [6.07, 6.45) is 3.88. The number of rotatable bonds is 4. The van der Waals surface area contributed by atoms with Crippen LogP contribution >= 0.6 is 23.1 Å². The summed E-state index contributed by atoms with van der Waals surface area (Å²) in [5.74, 6) is -0.479. The summed E-state index contributed by atoms with van der Waals surface area (Å²) in [5, 5.41) is 0. The first-order chi connectivity index (χ1) is 14.9. The lowest BCUT2D eigenvalue weighted by molar-refractivity contribution is -0.136. The number of aromatic nitrogens is 1. The minimum atomic E-state index is -0.584. The van der Waals surface area contributed by atoms with E-state index in [1.54, 1.807) is 23.3 Å². The predicted octanol–water partition coefficient (Wildman–Crippen LogP) is 3.44. The fourth-order valence-corrected chi connectivity index (χ4v) is 5.06. The lowest BCUT2D eigenvalue weighted by Gasteiger charge is -2.24. The molecule has 1 aromatic heterocycles. The van der Waals surface area contributed by atoms with E-state index in [-0.39, 0.29) is 5.56 Å². The normalized spacial score (nSPS) is 16.1. The van der Waals surface area contributed by atoms with Gasteiger partial charge in [0.25, 0.3) is 5.56 Å². The fraction of sp³-hybridized carbons (Fsp3) is 0.208. The fourth-order valence-electron chi connectivity index (χ4n) is 3.61. The zero-order chi connectivity index (χ0) is 22.1. The van der Waals surface area contributed by atoms with Gasteiger partial charge in [0.1, 0.15) is 0 Å². The number of ether oxygens (including phenoxy) is 1. The van der Waals surface area contributed by atoms with Crippen LogP contribution in [0.3, 0.4) is 0 Å². The number of thiazole rings is 1. The van der Waals surface area contributed by atoms with Gasteiger partial charge in [-0.25, -0.2) is 9.79 Å². The van der Waals surface area contributed by atoms with Crippen molar-refractivity contribution in [2.75, 3.05) is 13.4 Å². The number of esters is 1. The van der Waals surface area contributed by atoms with Crippen molar-refractivity contribution in [3.63, 3.8) is 0 Å². The van der Waals surface area contributed by atoms with Gasteiger partial charge in [0.15, 0.2) is 4.80 Å². The second kappa shape index (κ2) is 8.69. The van der Waals surface area contributed by atoms with E-state index in [4.69, 9.17) is 4.74 Å².